The van der Waals surface area contributed by atoms with Gasteiger partial charge in [-0.1, -0.05) is 12.1 Å². The van der Waals surface area contributed by atoms with E-state index in [2.05, 4.69) is 19.7 Å². The number of aryl methyl sites for hydroxylation is 2. The molecule has 124 valence electrons. The quantitative estimate of drug-likeness (QED) is 0.649. The number of amides is 1. The Morgan fingerprint density at radius 2 is 2.04 bits per heavy atom. The maximum atomic E-state index is 11.9. The Balaban J connectivity index is 1.33. The fraction of sp³-hybridized carbons (Fsp3) is 0.316. The molecule has 0 radical (unpaired) electrons. The molecule has 0 aliphatic carbocycles. The van der Waals surface area contributed by atoms with Gasteiger partial charge in [-0.3, -0.25) is 9.78 Å². The number of hydrogen-bond acceptors (Lipinski definition) is 3. The molecule has 0 unspecified atom stereocenters. The van der Waals surface area contributed by atoms with Gasteiger partial charge in [-0.25, -0.2) is 4.98 Å². The molecule has 0 aliphatic heterocycles. The second-order valence-electron chi connectivity index (χ2n) is 5.84. The van der Waals surface area contributed by atoms with Crippen LogP contribution in [0.2, 0.25) is 0 Å². The summed E-state index contributed by atoms with van der Waals surface area (Å²) in [6.45, 7) is 0.688. The Morgan fingerprint density at radius 1 is 1.08 bits per heavy atom. The first-order valence-electron chi connectivity index (χ1n) is 8.39. The number of carbonyl (C=O) groups is 1. The fourth-order valence-corrected chi connectivity index (χ4v) is 2.75. The molecule has 3 aromatic rings. The van der Waals surface area contributed by atoms with Gasteiger partial charge in [-0.15, -0.1) is 0 Å². The van der Waals surface area contributed by atoms with E-state index in [1.54, 1.807) is 6.20 Å². The lowest BCUT2D eigenvalue weighted by Crippen LogP contribution is -2.24. The van der Waals surface area contributed by atoms with Crippen molar-refractivity contribution in [2.24, 2.45) is 0 Å². The summed E-state index contributed by atoms with van der Waals surface area (Å²) in [5.41, 5.74) is 2.28. The van der Waals surface area contributed by atoms with Crippen molar-refractivity contribution < 1.29 is 4.79 Å². The molecule has 5 heteroatoms. The summed E-state index contributed by atoms with van der Waals surface area (Å²) in [4.78, 5) is 20.4. The van der Waals surface area contributed by atoms with Crippen molar-refractivity contribution in [2.45, 2.75) is 32.1 Å². The smallest absolute Gasteiger partial charge is 0.220 e. The van der Waals surface area contributed by atoms with Crippen LogP contribution >= 0.6 is 0 Å². The molecule has 5 nitrogen and oxygen atoms in total. The maximum Gasteiger partial charge on any atom is 0.220 e. The van der Waals surface area contributed by atoms with Crippen molar-refractivity contribution >= 4 is 11.4 Å². The minimum absolute atomic E-state index is 0.117. The third-order valence-corrected chi connectivity index (χ3v) is 4.01. The average Bonchev–Trinajstić information content (AvgIpc) is 3.03. The van der Waals surface area contributed by atoms with E-state index in [0.29, 0.717) is 13.0 Å². The van der Waals surface area contributed by atoms with E-state index in [4.69, 9.17) is 0 Å². The molecule has 1 N–H and O–H groups in total. The standard InChI is InChI=1S/C19H22N4O/c24-19(10-3-6-16-7-4-11-20-14-16)21-12-5-9-18-22-15-17-8-1-2-13-23(17)18/h1-2,4,7-8,11,13-15H,3,5-6,9-10,12H2,(H,21,24). The molecule has 1 amide bonds. The van der Waals surface area contributed by atoms with E-state index in [0.717, 1.165) is 37.0 Å². The summed E-state index contributed by atoms with van der Waals surface area (Å²) >= 11 is 0. The summed E-state index contributed by atoms with van der Waals surface area (Å²) in [6.07, 6.45) is 11.6. The van der Waals surface area contributed by atoms with Crippen molar-refractivity contribution in [3.05, 3.63) is 66.5 Å². The zero-order valence-corrected chi connectivity index (χ0v) is 13.7. The zero-order valence-electron chi connectivity index (χ0n) is 13.7. The van der Waals surface area contributed by atoms with Gasteiger partial charge in [0.2, 0.25) is 5.91 Å². The van der Waals surface area contributed by atoms with Crippen molar-refractivity contribution in [2.75, 3.05) is 6.54 Å². The van der Waals surface area contributed by atoms with Crippen molar-refractivity contribution in [3.63, 3.8) is 0 Å². The highest BCUT2D eigenvalue weighted by atomic mass is 16.1. The normalized spacial score (nSPS) is 10.8. The first kappa shape index (κ1) is 16.2. The number of carbonyl (C=O) groups excluding carboxylic acids is 1. The number of rotatable bonds is 8. The van der Waals surface area contributed by atoms with Gasteiger partial charge in [0.05, 0.1) is 11.7 Å². The van der Waals surface area contributed by atoms with Gasteiger partial charge in [-0.2, -0.15) is 0 Å². The van der Waals surface area contributed by atoms with Crippen LogP contribution in [-0.2, 0) is 17.6 Å². The fourth-order valence-electron chi connectivity index (χ4n) is 2.75. The van der Waals surface area contributed by atoms with Gasteiger partial charge >= 0.3 is 0 Å². The molecule has 0 fully saturated rings. The summed E-state index contributed by atoms with van der Waals surface area (Å²) in [7, 11) is 0. The Bertz CT molecular complexity index is 782. The topological polar surface area (TPSA) is 59.3 Å². The highest BCUT2D eigenvalue weighted by Crippen LogP contribution is 2.08. The third kappa shape index (κ3) is 4.41. The number of fused-ring (bicyclic) bond motifs is 1. The van der Waals surface area contributed by atoms with Crippen LogP contribution in [0.3, 0.4) is 0 Å². The molecule has 0 bridgehead atoms. The molecule has 0 spiro atoms. The number of imidazole rings is 1. The second-order valence-corrected chi connectivity index (χ2v) is 5.84. The monoisotopic (exact) mass is 322 g/mol. The summed E-state index contributed by atoms with van der Waals surface area (Å²) in [5.74, 6) is 1.16. The van der Waals surface area contributed by atoms with E-state index in [9.17, 15) is 4.79 Å². The van der Waals surface area contributed by atoms with Crippen LogP contribution in [0.25, 0.3) is 5.52 Å². The van der Waals surface area contributed by atoms with Gasteiger partial charge in [0.15, 0.2) is 0 Å². The van der Waals surface area contributed by atoms with Crippen LogP contribution in [0.4, 0.5) is 0 Å². The van der Waals surface area contributed by atoms with E-state index in [1.807, 2.05) is 48.9 Å². The van der Waals surface area contributed by atoms with Gasteiger partial charge in [-0.05, 0) is 43.0 Å². The van der Waals surface area contributed by atoms with Crippen LogP contribution in [0.5, 0.6) is 0 Å². The van der Waals surface area contributed by atoms with Crippen molar-refractivity contribution in [1.82, 2.24) is 19.7 Å². The van der Waals surface area contributed by atoms with Crippen LogP contribution in [0.15, 0.2) is 55.1 Å². The molecule has 3 heterocycles. The number of pyridine rings is 2. The predicted octanol–water partition coefficient (Wildman–Crippen LogP) is 2.80. The Labute approximate surface area is 141 Å². The molecule has 0 saturated heterocycles. The van der Waals surface area contributed by atoms with Gasteiger partial charge in [0.25, 0.3) is 0 Å². The Morgan fingerprint density at radius 3 is 2.92 bits per heavy atom. The van der Waals surface area contributed by atoms with E-state index in [1.165, 1.54) is 5.56 Å². The minimum Gasteiger partial charge on any atom is -0.356 e. The van der Waals surface area contributed by atoms with Gasteiger partial charge in [0.1, 0.15) is 5.82 Å². The largest absolute Gasteiger partial charge is 0.356 e. The molecule has 0 saturated carbocycles. The number of nitrogens with zero attached hydrogens (tertiary/aromatic N) is 3. The highest BCUT2D eigenvalue weighted by Gasteiger charge is 2.04. The predicted molar refractivity (Wildman–Crippen MR) is 93.7 cm³/mol. The summed E-state index contributed by atoms with van der Waals surface area (Å²) in [5, 5.41) is 2.99. The molecule has 24 heavy (non-hydrogen) atoms. The molecule has 0 aromatic carbocycles. The number of nitrogens with one attached hydrogen (secondary N) is 1. The average molecular weight is 322 g/mol. The van der Waals surface area contributed by atoms with Crippen molar-refractivity contribution in [3.8, 4) is 0 Å². The first-order chi connectivity index (χ1) is 11.8. The SMILES string of the molecule is O=C(CCCc1cccnc1)NCCCc1ncc2ccccn12. The van der Waals surface area contributed by atoms with E-state index < -0.39 is 0 Å². The van der Waals surface area contributed by atoms with Crippen LogP contribution in [-0.4, -0.2) is 26.8 Å². The van der Waals surface area contributed by atoms with Gasteiger partial charge < -0.3 is 9.72 Å². The van der Waals surface area contributed by atoms with Crippen LogP contribution < -0.4 is 5.32 Å². The lowest BCUT2D eigenvalue weighted by atomic mass is 10.1. The zero-order chi connectivity index (χ0) is 16.6. The summed E-state index contributed by atoms with van der Waals surface area (Å²) < 4.78 is 2.09. The van der Waals surface area contributed by atoms with Crippen LogP contribution in [0, 0.1) is 0 Å². The van der Waals surface area contributed by atoms with Gasteiger partial charge in [0, 0.05) is 38.0 Å². The maximum absolute atomic E-state index is 11.9. The third-order valence-electron chi connectivity index (χ3n) is 4.01. The lowest BCUT2D eigenvalue weighted by Gasteiger charge is -2.05. The molecular formula is C19H22N4O. The number of aromatic nitrogens is 3. The molecule has 3 rings (SSSR count). The molecule has 0 atom stereocenters. The Kier molecular flexibility index (Phi) is 5.56. The lowest BCUT2D eigenvalue weighted by molar-refractivity contribution is -0.121. The van der Waals surface area contributed by atoms with E-state index >= 15 is 0 Å². The summed E-state index contributed by atoms with van der Waals surface area (Å²) in [6, 6.07) is 10.0. The van der Waals surface area contributed by atoms with Crippen LogP contribution in [0.1, 0.15) is 30.7 Å². The molecule has 3 aromatic heterocycles. The van der Waals surface area contributed by atoms with Crippen molar-refractivity contribution in [1.29, 1.82) is 0 Å². The Hall–Kier alpha value is -2.69. The molecule has 0 aliphatic rings. The first-order valence-corrected chi connectivity index (χ1v) is 8.39. The second kappa shape index (κ2) is 8.24. The molecular weight excluding hydrogens is 300 g/mol. The van der Waals surface area contributed by atoms with E-state index in [-0.39, 0.29) is 5.91 Å². The number of hydrogen-bond donors (Lipinski definition) is 1. The highest BCUT2D eigenvalue weighted by molar-refractivity contribution is 5.75. The minimum atomic E-state index is 0.117.